The number of hydrogen-bond acceptors (Lipinski definition) is 2. The van der Waals surface area contributed by atoms with E-state index in [1.807, 2.05) is 4.90 Å². The van der Waals surface area contributed by atoms with Crippen LogP contribution in [0.4, 0.5) is 0 Å². The summed E-state index contributed by atoms with van der Waals surface area (Å²) in [5.41, 5.74) is 0. The second kappa shape index (κ2) is 7.13. The predicted octanol–water partition coefficient (Wildman–Crippen LogP) is 2.41. The van der Waals surface area contributed by atoms with E-state index >= 15 is 0 Å². The molecule has 1 saturated heterocycles. The van der Waals surface area contributed by atoms with Gasteiger partial charge in [0.05, 0.1) is 6.54 Å². The van der Waals surface area contributed by atoms with Crippen molar-refractivity contribution in [3.63, 3.8) is 0 Å². The lowest BCUT2D eigenvalue weighted by Gasteiger charge is -2.28. The molecule has 0 radical (unpaired) electrons. The summed E-state index contributed by atoms with van der Waals surface area (Å²) in [6.07, 6.45) is 9.08. The van der Waals surface area contributed by atoms with Gasteiger partial charge >= 0.3 is 0 Å². The number of nitrogens with one attached hydrogen (secondary N) is 1. The fraction of sp³-hybridized carbons (Fsp3) is 0.933. The Morgan fingerprint density at radius 1 is 1.11 bits per heavy atom. The monoisotopic (exact) mass is 252 g/mol. The van der Waals surface area contributed by atoms with Gasteiger partial charge in [-0.05, 0) is 50.5 Å². The zero-order valence-electron chi connectivity index (χ0n) is 11.8. The Morgan fingerprint density at radius 3 is 2.44 bits per heavy atom. The number of rotatable bonds is 4. The van der Waals surface area contributed by atoms with Gasteiger partial charge in [0, 0.05) is 13.1 Å². The second-order valence-electron chi connectivity index (χ2n) is 6.20. The standard InChI is InChI=1S/C15H28N2O/c1-13-5-7-14(8-6-13)11-16-12-15(18)17-9-3-2-4-10-17/h13-14,16H,2-12H2,1H3. The van der Waals surface area contributed by atoms with Crippen molar-refractivity contribution in [1.29, 1.82) is 0 Å². The van der Waals surface area contributed by atoms with Crippen LogP contribution in [0.5, 0.6) is 0 Å². The quantitative estimate of drug-likeness (QED) is 0.833. The minimum Gasteiger partial charge on any atom is -0.342 e. The summed E-state index contributed by atoms with van der Waals surface area (Å²) in [7, 11) is 0. The fourth-order valence-corrected chi connectivity index (χ4v) is 3.17. The van der Waals surface area contributed by atoms with Crippen LogP contribution in [0.3, 0.4) is 0 Å². The number of piperidine rings is 1. The Labute approximate surface area is 111 Å². The SMILES string of the molecule is CC1CCC(CNCC(=O)N2CCCCC2)CC1. The summed E-state index contributed by atoms with van der Waals surface area (Å²) in [5, 5.41) is 3.38. The lowest BCUT2D eigenvalue weighted by molar-refractivity contribution is -0.131. The summed E-state index contributed by atoms with van der Waals surface area (Å²) in [6.45, 7) is 5.88. The molecule has 1 aliphatic carbocycles. The Balaban J connectivity index is 1.58. The fourth-order valence-electron chi connectivity index (χ4n) is 3.17. The highest BCUT2D eigenvalue weighted by molar-refractivity contribution is 5.78. The number of carbonyl (C=O) groups excluding carboxylic acids is 1. The zero-order valence-corrected chi connectivity index (χ0v) is 11.8. The predicted molar refractivity (Wildman–Crippen MR) is 74.4 cm³/mol. The van der Waals surface area contributed by atoms with Crippen LogP contribution in [-0.4, -0.2) is 37.0 Å². The number of likely N-dealkylation sites (tertiary alicyclic amines) is 1. The van der Waals surface area contributed by atoms with Crippen LogP contribution in [0.15, 0.2) is 0 Å². The second-order valence-corrected chi connectivity index (χ2v) is 6.20. The summed E-state index contributed by atoms with van der Waals surface area (Å²) in [4.78, 5) is 14.0. The average molecular weight is 252 g/mol. The average Bonchev–Trinajstić information content (AvgIpc) is 2.42. The maximum absolute atomic E-state index is 12.0. The highest BCUT2D eigenvalue weighted by Gasteiger charge is 2.19. The minimum absolute atomic E-state index is 0.305. The van der Waals surface area contributed by atoms with Gasteiger partial charge in [0.2, 0.25) is 5.91 Å². The third-order valence-corrected chi connectivity index (χ3v) is 4.55. The smallest absolute Gasteiger partial charge is 0.236 e. The Kier molecular flexibility index (Phi) is 5.48. The van der Waals surface area contributed by atoms with Crippen LogP contribution >= 0.6 is 0 Å². The molecule has 0 spiro atoms. The molecule has 1 N–H and O–H groups in total. The molecule has 18 heavy (non-hydrogen) atoms. The molecule has 2 fully saturated rings. The largest absolute Gasteiger partial charge is 0.342 e. The van der Waals surface area contributed by atoms with E-state index in [2.05, 4.69) is 12.2 Å². The van der Waals surface area contributed by atoms with Crippen molar-refractivity contribution in [2.24, 2.45) is 11.8 Å². The number of carbonyl (C=O) groups is 1. The molecule has 0 aromatic heterocycles. The summed E-state index contributed by atoms with van der Waals surface area (Å²) in [6, 6.07) is 0. The molecule has 1 aliphatic heterocycles. The maximum Gasteiger partial charge on any atom is 0.236 e. The molecule has 0 bridgehead atoms. The van der Waals surface area contributed by atoms with E-state index in [4.69, 9.17) is 0 Å². The lowest BCUT2D eigenvalue weighted by atomic mass is 9.83. The van der Waals surface area contributed by atoms with Gasteiger partial charge in [-0.2, -0.15) is 0 Å². The topological polar surface area (TPSA) is 32.3 Å². The molecule has 104 valence electrons. The molecular formula is C15H28N2O. The van der Waals surface area contributed by atoms with Gasteiger partial charge < -0.3 is 10.2 Å². The molecule has 3 heteroatoms. The highest BCUT2D eigenvalue weighted by Crippen LogP contribution is 2.27. The van der Waals surface area contributed by atoms with Crippen molar-refractivity contribution in [2.45, 2.75) is 51.9 Å². The van der Waals surface area contributed by atoms with E-state index in [1.54, 1.807) is 0 Å². The zero-order chi connectivity index (χ0) is 12.8. The molecule has 0 unspecified atom stereocenters. The first-order valence-electron chi connectivity index (χ1n) is 7.74. The van der Waals surface area contributed by atoms with Gasteiger partial charge in [-0.25, -0.2) is 0 Å². The Bertz CT molecular complexity index is 253. The van der Waals surface area contributed by atoms with Crippen LogP contribution in [-0.2, 0) is 4.79 Å². The molecule has 0 atom stereocenters. The molecule has 2 aliphatic rings. The first-order chi connectivity index (χ1) is 8.75. The summed E-state index contributed by atoms with van der Waals surface area (Å²) >= 11 is 0. The van der Waals surface area contributed by atoms with Crippen LogP contribution in [0, 0.1) is 11.8 Å². The van der Waals surface area contributed by atoms with Gasteiger partial charge in [-0.1, -0.05) is 19.8 Å². The van der Waals surface area contributed by atoms with Crippen LogP contribution in [0.25, 0.3) is 0 Å². The van der Waals surface area contributed by atoms with Crippen molar-refractivity contribution >= 4 is 5.91 Å². The van der Waals surface area contributed by atoms with Crippen molar-refractivity contribution in [3.8, 4) is 0 Å². The van der Waals surface area contributed by atoms with Gasteiger partial charge in [-0.15, -0.1) is 0 Å². The van der Waals surface area contributed by atoms with Crippen LogP contribution in [0.2, 0.25) is 0 Å². The van der Waals surface area contributed by atoms with Gasteiger partial charge in [0.25, 0.3) is 0 Å². The van der Waals surface area contributed by atoms with Crippen LogP contribution in [0.1, 0.15) is 51.9 Å². The van der Waals surface area contributed by atoms with E-state index in [-0.39, 0.29) is 0 Å². The van der Waals surface area contributed by atoms with Gasteiger partial charge in [-0.3, -0.25) is 4.79 Å². The Hall–Kier alpha value is -0.570. The Morgan fingerprint density at radius 2 is 1.78 bits per heavy atom. The van der Waals surface area contributed by atoms with Crippen molar-refractivity contribution in [3.05, 3.63) is 0 Å². The van der Waals surface area contributed by atoms with Crippen LogP contribution < -0.4 is 5.32 Å². The van der Waals surface area contributed by atoms with E-state index in [0.717, 1.165) is 31.5 Å². The lowest BCUT2D eigenvalue weighted by Crippen LogP contribution is -2.42. The van der Waals surface area contributed by atoms with Crippen molar-refractivity contribution < 1.29 is 4.79 Å². The molecule has 0 aromatic carbocycles. The first kappa shape index (κ1) is 13.9. The van der Waals surface area contributed by atoms with E-state index in [1.165, 1.54) is 44.9 Å². The number of hydrogen-bond donors (Lipinski definition) is 1. The molecule has 1 heterocycles. The summed E-state index contributed by atoms with van der Waals surface area (Å²) < 4.78 is 0. The third-order valence-electron chi connectivity index (χ3n) is 4.55. The number of nitrogens with zero attached hydrogens (tertiary/aromatic N) is 1. The minimum atomic E-state index is 0.305. The number of amides is 1. The van der Waals surface area contributed by atoms with Gasteiger partial charge in [0.1, 0.15) is 0 Å². The highest BCUT2D eigenvalue weighted by atomic mass is 16.2. The van der Waals surface area contributed by atoms with E-state index in [9.17, 15) is 4.79 Å². The maximum atomic E-state index is 12.0. The molecule has 2 rings (SSSR count). The third kappa shape index (κ3) is 4.27. The van der Waals surface area contributed by atoms with E-state index < -0.39 is 0 Å². The molecule has 3 nitrogen and oxygen atoms in total. The van der Waals surface area contributed by atoms with Crippen molar-refractivity contribution in [2.75, 3.05) is 26.2 Å². The normalized spacial score (nSPS) is 29.3. The molecule has 1 amide bonds. The molecule has 1 saturated carbocycles. The van der Waals surface area contributed by atoms with Gasteiger partial charge in [0.15, 0.2) is 0 Å². The summed E-state index contributed by atoms with van der Waals surface area (Å²) in [5.74, 6) is 2.02. The molecule has 0 aromatic rings. The van der Waals surface area contributed by atoms with E-state index in [0.29, 0.717) is 12.5 Å². The molecular weight excluding hydrogens is 224 g/mol. The van der Waals surface area contributed by atoms with Crippen molar-refractivity contribution in [1.82, 2.24) is 10.2 Å². The first-order valence-corrected chi connectivity index (χ1v) is 7.74.